The lowest BCUT2D eigenvalue weighted by Crippen LogP contribution is -2.55. The number of amides is 5. The van der Waals surface area contributed by atoms with E-state index in [2.05, 4.69) is 26.6 Å². The Morgan fingerprint density at radius 2 is 1.33 bits per heavy atom. The Balaban J connectivity index is 4.31. The van der Waals surface area contributed by atoms with Crippen LogP contribution in [0, 0.1) is 0 Å². The highest BCUT2D eigenvalue weighted by Crippen LogP contribution is 2.00. The van der Waals surface area contributed by atoms with Crippen LogP contribution in [0.3, 0.4) is 0 Å². The summed E-state index contributed by atoms with van der Waals surface area (Å²) in [5.74, 6) is -4.90. The second-order valence-electron chi connectivity index (χ2n) is 7.00. The third-order valence-corrected chi connectivity index (χ3v) is 4.16. The van der Waals surface area contributed by atoms with Crippen LogP contribution in [0.4, 0.5) is 0 Å². The summed E-state index contributed by atoms with van der Waals surface area (Å²) < 4.78 is 0. The van der Waals surface area contributed by atoms with Crippen molar-refractivity contribution in [2.75, 3.05) is 32.7 Å². The molecule has 15 nitrogen and oxygen atoms in total. The topological polar surface area (TPSA) is 255 Å². The lowest BCUT2D eigenvalue weighted by molar-refractivity contribution is -0.142. The van der Waals surface area contributed by atoms with Gasteiger partial charge in [-0.05, 0) is 32.7 Å². The van der Waals surface area contributed by atoms with Crippen LogP contribution in [-0.4, -0.2) is 96.6 Å². The van der Waals surface area contributed by atoms with E-state index < -0.39 is 79.9 Å². The minimum atomic E-state index is -1.32. The van der Waals surface area contributed by atoms with Crippen molar-refractivity contribution in [3.8, 4) is 0 Å². The monoisotopic (exact) mass is 475 g/mol. The van der Waals surface area contributed by atoms with Crippen molar-refractivity contribution in [2.45, 2.75) is 44.4 Å². The summed E-state index contributed by atoms with van der Waals surface area (Å²) in [7, 11) is 0. The fraction of sp³-hybridized carbons (Fsp3) is 0.667. The number of hydrogen-bond acceptors (Lipinski definition) is 9. The number of aliphatic hydroxyl groups is 1. The van der Waals surface area contributed by atoms with Crippen molar-refractivity contribution in [1.29, 1.82) is 0 Å². The van der Waals surface area contributed by atoms with Crippen LogP contribution >= 0.6 is 0 Å². The molecule has 0 aliphatic carbocycles. The van der Waals surface area contributed by atoms with E-state index in [0.29, 0.717) is 19.4 Å². The number of carboxylic acids is 1. The van der Waals surface area contributed by atoms with Crippen LogP contribution in [0.1, 0.15) is 26.2 Å². The average molecular weight is 476 g/mol. The van der Waals surface area contributed by atoms with Gasteiger partial charge in [0.15, 0.2) is 0 Å². The molecule has 3 atom stereocenters. The van der Waals surface area contributed by atoms with Gasteiger partial charge in [-0.3, -0.25) is 24.0 Å². The van der Waals surface area contributed by atoms with Gasteiger partial charge in [0.05, 0.1) is 32.3 Å². The third kappa shape index (κ3) is 13.7. The van der Waals surface area contributed by atoms with E-state index in [0.717, 1.165) is 0 Å². The summed E-state index contributed by atoms with van der Waals surface area (Å²) >= 11 is 0. The molecule has 11 N–H and O–H groups in total. The largest absolute Gasteiger partial charge is 0.480 e. The predicted octanol–water partition coefficient (Wildman–Crippen LogP) is -5.14. The van der Waals surface area contributed by atoms with Gasteiger partial charge >= 0.3 is 5.97 Å². The van der Waals surface area contributed by atoms with Gasteiger partial charge in [0, 0.05) is 0 Å². The van der Waals surface area contributed by atoms with Crippen molar-refractivity contribution in [3.63, 3.8) is 0 Å². The number of nitrogens with two attached hydrogens (primary N) is 2. The SMILES string of the molecule is C[C@@H](O)[C@H](NC(=O)CN)C(=O)NCC(=O)NCC(=O)NCC(=O)N[C@@H](CCCCN)C(=O)O. The molecule has 188 valence electrons. The maximum Gasteiger partial charge on any atom is 0.326 e. The highest BCUT2D eigenvalue weighted by molar-refractivity contribution is 5.93. The number of rotatable bonds is 16. The first-order chi connectivity index (χ1) is 15.5. The molecule has 0 spiro atoms. The fourth-order valence-electron chi connectivity index (χ4n) is 2.39. The van der Waals surface area contributed by atoms with Crippen molar-refractivity contribution in [3.05, 3.63) is 0 Å². The van der Waals surface area contributed by atoms with Gasteiger partial charge in [-0.1, -0.05) is 0 Å². The van der Waals surface area contributed by atoms with E-state index in [-0.39, 0.29) is 6.42 Å². The molecule has 5 amide bonds. The number of carbonyl (C=O) groups excluding carboxylic acids is 5. The summed E-state index contributed by atoms with van der Waals surface area (Å²) in [5.41, 5.74) is 10.5. The van der Waals surface area contributed by atoms with E-state index in [1.807, 2.05) is 0 Å². The van der Waals surface area contributed by atoms with Crippen LogP contribution in [0.15, 0.2) is 0 Å². The van der Waals surface area contributed by atoms with Crippen LogP contribution in [0.2, 0.25) is 0 Å². The van der Waals surface area contributed by atoms with Gasteiger partial charge in [-0.15, -0.1) is 0 Å². The Labute approximate surface area is 190 Å². The summed E-state index contributed by atoms with van der Waals surface area (Å²) in [6.45, 7) is -0.279. The smallest absolute Gasteiger partial charge is 0.326 e. The standard InChI is InChI=1S/C18H33N7O8/c1-10(26)16(25-12(27)6-20)17(31)23-8-14(29)21-7-13(28)22-9-15(30)24-11(18(32)33)4-2-3-5-19/h10-11,16,26H,2-9,19-20H2,1H3,(H,21,29)(H,22,28)(H,23,31)(H,24,30)(H,25,27)(H,32,33)/t10-,11+,16+/m1/s1. The Hall–Kier alpha value is -3.30. The van der Waals surface area contributed by atoms with E-state index in [9.17, 15) is 33.9 Å². The van der Waals surface area contributed by atoms with Crippen LogP contribution in [0.25, 0.3) is 0 Å². The number of unbranched alkanes of at least 4 members (excludes halogenated alkanes) is 1. The van der Waals surface area contributed by atoms with Gasteiger partial charge in [-0.2, -0.15) is 0 Å². The first-order valence-corrected chi connectivity index (χ1v) is 10.2. The Bertz CT molecular complexity index is 701. The number of nitrogens with one attached hydrogen (secondary N) is 5. The van der Waals surface area contributed by atoms with E-state index in [4.69, 9.17) is 16.6 Å². The molecule has 0 aromatic rings. The minimum absolute atomic E-state index is 0.194. The summed E-state index contributed by atoms with van der Waals surface area (Å²) in [4.78, 5) is 69.8. The summed E-state index contributed by atoms with van der Waals surface area (Å²) in [6.07, 6.45) is 0.0696. The molecule has 0 radical (unpaired) electrons. The van der Waals surface area contributed by atoms with Crippen molar-refractivity contribution < 1.29 is 39.0 Å². The maximum atomic E-state index is 12.0. The normalized spacial score (nSPS) is 13.1. The molecular formula is C18H33N7O8. The van der Waals surface area contributed by atoms with Gasteiger partial charge in [0.1, 0.15) is 12.1 Å². The van der Waals surface area contributed by atoms with Crippen LogP contribution in [-0.2, 0) is 28.8 Å². The first-order valence-electron chi connectivity index (χ1n) is 10.2. The quantitative estimate of drug-likeness (QED) is 0.0959. The van der Waals surface area contributed by atoms with E-state index >= 15 is 0 Å². The molecule has 0 heterocycles. The summed E-state index contributed by atoms with van der Waals surface area (Å²) in [5, 5.41) is 29.8. The van der Waals surface area contributed by atoms with Gasteiger partial charge in [0.2, 0.25) is 29.5 Å². The zero-order valence-corrected chi connectivity index (χ0v) is 18.4. The molecule has 0 bridgehead atoms. The van der Waals surface area contributed by atoms with Crippen molar-refractivity contribution >= 4 is 35.5 Å². The highest BCUT2D eigenvalue weighted by Gasteiger charge is 2.25. The maximum absolute atomic E-state index is 12.0. The van der Waals surface area contributed by atoms with Crippen LogP contribution in [0.5, 0.6) is 0 Å². The number of aliphatic hydroxyl groups excluding tert-OH is 1. The Kier molecular flexibility index (Phi) is 14.7. The number of hydrogen-bond donors (Lipinski definition) is 9. The molecule has 0 aromatic carbocycles. The molecular weight excluding hydrogens is 442 g/mol. The molecule has 0 aliphatic heterocycles. The third-order valence-electron chi connectivity index (χ3n) is 4.16. The van der Waals surface area contributed by atoms with E-state index in [1.165, 1.54) is 6.92 Å². The molecule has 0 saturated heterocycles. The molecule has 0 aromatic heterocycles. The zero-order valence-electron chi connectivity index (χ0n) is 18.4. The summed E-state index contributed by atoms with van der Waals surface area (Å²) in [6, 6.07) is -2.43. The number of carbonyl (C=O) groups is 6. The van der Waals surface area contributed by atoms with E-state index in [1.54, 1.807) is 0 Å². The van der Waals surface area contributed by atoms with Crippen LogP contribution < -0.4 is 38.1 Å². The molecule has 0 aliphatic rings. The second-order valence-corrected chi connectivity index (χ2v) is 7.00. The Morgan fingerprint density at radius 3 is 1.82 bits per heavy atom. The molecule has 33 heavy (non-hydrogen) atoms. The lowest BCUT2D eigenvalue weighted by Gasteiger charge is -2.20. The lowest BCUT2D eigenvalue weighted by atomic mass is 10.1. The predicted molar refractivity (Wildman–Crippen MR) is 114 cm³/mol. The van der Waals surface area contributed by atoms with Gasteiger partial charge in [0.25, 0.3) is 0 Å². The molecule has 0 rings (SSSR count). The van der Waals surface area contributed by atoms with Gasteiger partial charge in [-0.25, -0.2) is 4.79 Å². The number of aliphatic carboxylic acids is 1. The van der Waals surface area contributed by atoms with Crippen molar-refractivity contribution in [1.82, 2.24) is 26.6 Å². The second kappa shape index (κ2) is 16.3. The average Bonchev–Trinajstić information content (AvgIpc) is 2.76. The minimum Gasteiger partial charge on any atom is -0.480 e. The zero-order chi connectivity index (χ0) is 25.4. The molecule has 0 unspecified atom stereocenters. The molecule has 0 saturated carbocycles. The molecule has 15 heteroatoms. The van der Waals surface area contributed by atoms with Crippen molar-refractivity contribution in [2.24, 2.45) is 11.5 Å². The highest BCUT2D eigenvalue weighted by atomic mass is 16.4. The first kappa shape index (κ1) is 29.7. The molecule has 0 fully saturated rings. The Morgan fingerprint density at radius 1 is 0.788 bits per heavy atom. The number of carboxylic acid groups (broad SMARTS) is 1. The fourth-order valence-corrected chi connectivity index (χ4v) is 2.39. The van der Waals surface area contributed by atoms with Gasteiger partial charge < -0.3 is 48.3 Å².